The lowest BCUT2D eigenvalue weighted by molar-refractivity contribution is -0.136. The third-order valence-corrected chi connectivity index (χ3v) is 6.28. The summed E-state index contributed by atoms with van der Waals surface area (Å²) in [4.78, 5) is 37.2. The van der Waals surface area contributed by atoms with Crippen LogP contribution in [0.25, 0.3) is 20.7 Å². The Hall–Kier alpha value is -2.58. The molecule has 1 aliphatic heterocycles. The number of halogens is 1. The van der Waals surface area contributed by atoms with Crippen molar-refractivity contribution in [1.82, 2.24) is 19.8 Å². The number of aromatic amines is 1. The van der Waals surface area contributed by atoms with E-state index < -0.39 is 0 Å². The van der Waals surface area contributed by atoms with Gasteiger partial charge in [0.1, 0.15) is 16.3 Å². The average Bonchev–Trinajstić information content (AvgIpc) is 3.13. The van der Waals surface area contributed by atoms with Crippen molar-refractivity contribution in [2.75, 3.05) is 26.2 Å². The molecule has 0 saturated carbocycles. The highest BCUT2D eigenvalue weighted by molar-refractivity contribution is 7.22. The zero-order valence-corrected chi connectivity index (χ0v) is 17.3. The van der Waals surface area contributed by atoms with E-state index in [9.17, 15) is 14.0 Å². The number of carbonyl (C=O) groups excluding carboxylic acids is 1. The van der Waals surface area contributed by atoms with Gasteiger partial charge in [0, 0.05) is 37.0 Å². The predicted octanol–water partition coefficient (Wildman–Crippen LogP) is 3.09. The molecular formula is C21H23FN4O2S. The van der Waals surface area contributed by atoms with Crippen molar-refractivity contribution in [3.05, 3.63) is 52.3 Å². The van der Waals surface area contributed by atoms with Gasteiger partial charge in [0.25, 0.3) is 5.56 Å². The fraction of sp³-hybridized carbons (Fsp3) is 0.381. The van der Waals surface area contributed by atoms with Crippen molar-refractivity contribution in [1.29, 1.82) is 0 Å². The summed E-state index contributed by atoms with van der Waals surface area (Å²) in [6.07, 6.45) is 0. The lowest BCUT2D eigenvalue weighted by Crippen LogP contribution is -2.49. The van der Waals surface area contributed by atoms with Gasteiger partial charge in [-0.25, -0.2) is 9.37 Å². The van der Waals surface area contributed by atoms with Gasteiger partial charge in [-0.05, 0) is 23.8 Å². The van der Waals surface area contributed by atoms with Gasteiger partial charge in [-0.15, -0.1) is 11.3 Å². The Bertz CT molecular complexity index is 1080. The summed E-state index contributed by atoms with van der Waals surface area (Å²) in [5, 5.41) is 0. The maximum absolute atomic E-state index is 13.2. The minimum atomic E-state index is -0.289. The quantitative estimate of drug-likeness (QED) is 0.712. The molecule has 1 N–H and O–H groups in total. The fourth-order valence-electron chi connectivity index (χ4n) is 3.52. The number of rotatable bonds is 4. The maximum atomic E-state index is 13.2. The molecule has 8 heteroatoms. The molecule has 4 rings (SSSR count). The molecule has 3 aromatic rings. The van der Waals surface area contributed by atoms with Gasteiger partial charge >= 0.3 is 0 Å². The molecule has 0 aliphatic carbocycles. The molecule has 1 aliphatic rings. The van der Waals surface area contributed by atoms with Gasteiger partial charge < -0.3 is 9.88 Å². The highest BCUT2D eigenvalue weighted by Crippen LogP contribution is 2.31. The van der Waals surface area contributed by atoms with Gasteiger partial charge in [-0.2, -0.15) is 0 Å². The number of piperazine rings is 1. The van der Waals surface area contributed by atoms with Crippen LogP contribution in [0.4, 0.5) is 4.39 Å². The van der Waals surface area contributed by atoms with E-state index in [1.165, 1.54) is 23.5 Å². The van der Waals surface area contributed by atoms with Gasteiger partial charge in [-0.1, -0.05) is 26.0 Å². The van der Waals surface area contributed by atoms with Crippen LogP contribution in [-0.2, 0) is 11.3 Å². The molecule has 3 heterocycles. The summed E-state index contributed by atoms with van der Waals surface area (Å²) in [6.45, 7) is 7.26. The number of thiophene rings is 1. The van der Waals surface area contributed by atoms with Crippen molar-refractivity contribution < 1.29 is 9.18 Å². The van der Waals surface area contributed by atoms with E-state index >= 15 is 0 Å². The van der Waals surface area contributed by atoms with Crippen LogP contribution in [0.1, 0.15) is 19.7 Å². The number of nitrogens with zero attached hydrogens (tertiary/aromatic N) is 3. The SMILES string of the molecule is CC(C)C(=O)N1CCN(Cc2nc3cc(-c4ccc(F)cc4)sc3c(=O)[nH]2)CC1. The topological polar surface area (TPSA) is 69.3 Å². The van der Waals surface area contributed by atoms with Crippen molar-refractivity contribution >= 4 is 27.5 Å². The molecule has 2 aromatic heterocycles. The number of hydrogen-bond acceptors (Lipinski definition) is 5. The van der Waals surface area contributed by atoms with Crippen LogP contribution in [0.2, 0.25) is 0 Å². The largest absolute Gasteiger partial charge is 0.340 e. The highest BCUT2D eigenvalue weighted by Gasteiger charge is 2.23. The van der Waals surface area contributed by atoms with Crippen LogP contribution < -0.4 is 5.56 Å². The summed E-state index contributed by atoms with van der Waals surface area (Å²) in [5.74, 6) is 0.526. The maximum Gasteiger partial charge on any atom is 0.268 e. The summed E-state index contributed by atoms with van der Waals surface area (Å²) in [6, 6.07) is 8.10. The van der Waals surface area contributed by atoms with E-state index in [-0.39, 0.29) is 23.2 Å². The Balaban J connectivity index is 1.50. The number of nitrogens with one attached hydrogen (secondary N) is 1. The first-order valence-electron chi connectivity index (χ1n) is 9.70. The van der Waals surface area contributed by atoms with Crippen molar-refractivity contribution in [3.63, 3.8) is 0 Å². The summed E-state index contributed by atoms with van der Waals surface area (Å²) < 4.78 is 13.7. The number of carbonyl (C=O) groups is 1. The van der Waals surface area contributed by atoms with E-state index in [2.05, 4.69) is 14.9 Å². The molecule has 1 fully saturated rings. The molecule has 1 amide bonds. The number of benzene rings is 1. The smallest absolute Gasteiger partial charge is 0.268 e. The summed E-state index contributed by atoms with van der Waals surface area (Å²) in [5.41, 5.74) is 1.36. The Morgan fingerprint density at radius 3 is 2.55 bits per heavy atom. The number of hydrogen-bond donors (Lipinski definition) is 1. The Morgan fingerprint density at radius 2 is 1.90 bits per heavy atom. The molecule has 0 spiro atoms. The van der Waals surface area contributed by atoms with Crippen molar-refractivity contribution in [3.8, 4) is 10.4 Å². The molecule has 1 saturated heterocycles. The van der Waals surface area contributed by atoms with Gasteiger partial charge in [0.2, 0.25) is 5.91 Å². The Labute approximate surface area is 172 Å². The Morgan fingerprint density at radius 1 is 1.21 bits per heavy atom. The van der Waals surface area contributed by atoms with Crippen LogP contribution in [0, 0.1) is 11.7 Å². The zero-order chi connectivity index (χ0) is 20.5. The third kappa shape index (κ3) is 4.23. The molecule has 152 valence electrons. The second-order valence-corrected chi connectivity index (χ2v) is 8.65. The van der Waals surface area contributed by atoms with Crippen LogP contribution >= 0.6 is 11.3 Å². The lowest BCUT2D eigenvalue weighted by Gasteiger charge is -2.35. The van der Waals surface area contributed by atoms with E-state index in [0.717, 1.165) is 23.5 Å². The molecule has 0 unspecified atom stereocenters. The molecule has 0 bridgehead atoms. The number of H-pyrrole nitrogens is 1. The molecule has 1 aromatic carbocycles. The highest BCUT2D eigenvalue weighted by atomic mass is 32.1. The van der Waals surface area contributed by atoms with Gasteiger partial charge in [0.05, 0.1) is 12.1 Å². The third-order valence-electron chi connectivity index (χ3n) is 5.11. The van der Waals surface area contributed by atoms with E-state index in [0.29, 0.717) is 35.7 Å². The van der Waals surface area contributed by atoms with E-state index in [1.807, 2.05) is 24.8 Å². The van der Waals surface area contributed by atoms with Crippen LogP contribution in [-0.4, -0.2) is 51.9 Å². The minimum Gasteiger partial charge on any atom is -0.340 e. The van der Waals surface area contributed by atoms with Gasteiger partial charge in [0.15, 0.2) is 0 Å². The first-order chi connectivity index (χ1) is 13.9. The van der Waals surface area contributed by atoms with E-state index in [1.54, 1.807) is 12.1 Å². The summed E-state index contributed by atoms with van der Waals surface area (Å²) in [7, 11) is 0. The molecule has 0 radical (unpaired) electrons. The average molecular weight is 415 g/mol. The Kier molecular flexibility index (Phi) is 5.47. The van der Waals surface area contributed by atoms with Crippen molar-refractivity contribution in [2.45, 2.75) is 20.4 Å². The predicted molar refractivity (Wildman–Crippen MR) is 112 cm³/mol. The standard InChI is InChI=1S/C21H23FN4O2S/c1-13(2)21(28)26-9-7-25(8-10-26)12-18-23-16-11-17(29-19(16)20(27)24-18)14-3-5-15(22)6-4-14/h3-6,11,13H,7-10,12H2,1-2H3,(H,23,24,27). The number of fused-ring (bicyclic) bond motifs is 1. The van der Waals surface area contributed by atoms with Gasteiger partial charge in [-0.3, -0.25) is 14.5 Å². The number of aromatic nitrogens is 2. The first-order valence-corrected chi connectivity index (χ1v) is 10.5. The van der Waals surface area contributed by atoms with Crippen molar-refractivity contribution in [2.24, 2.45) is 5.92 Å². The second kappa shape index (κ2) is 8.04. The van der Waals surface area contributed by atoms with E-state index in [4.69, 9.17) is 0 Å². The monoisotopic (exact) mass is 414 g/mol. The first kappa shape index (κ1) is 19.7. The second-order valence-electron chi connectivity index (χ2n) is 7.60. The van der Waals surface area contributed by atoms with Crippen LogP contribution in [0.5, 0.6) is 0 Å². The van der Waals surface area contributed by atoms with Crippen LogP contribution in [0.15, 0.2) is 35.1 Å². The fourth-order valence-corrected chi connectivity index (χ4v) is 4.52. The molecule has 29 heavy (non-hydrogen) atoms. The minimum absolute atomic E-state index is 0.0101. The zero-order valence-electron chi connectivity index (χ0n) is 16.4. The molecular weight excluding hydrogens is 391 g/mol. The molecule has 6 nitrogen and oxygen atoms in total. The molecule has 0 atom stereocenters. The normalized spacial score (nSPS) is 15.4. The summed E-state index contributed by atoms with van der Waals surface area (Å²) >= 11 is 1.36. The lowest BCUT2D eigenvalue weighted by atomic mass is 10.1. The number of amides is 1. The van der Waals surface area contributed by atoms with Crippen LogP contribution in [0.3, 0.4) is 0 Å².